The summed E-state index contributed by atoms with van der Waals surface area (Å²) in [5.74, 6) is -0.392. The highest BCUT2D eigenvalue weighted by molar-refractivity contribution is 6.44. The van der Waals surface area contributed by atoms with Gasteiger partial charge in [0, 0.05) is 5.40 Å². The lowest BCUT2D eigenvalue weighted by atomic mass is 9.45. The number of aliphatic hydroxyl groups is 3. The molecule has 1 saturated heterocycles. The molecule has 1 aliphatic heterocycles. The van der Waals surface area contributed by atoms with Gasteiger partial charge in [-0.25, -0.2) is 9.78 Å². The maximum atomic E-state index is 11.8. The Morgan fingerprint density at radius 2 is 1.95 bits per heavy atom. The smallest absolute Gasteiger partial charge is 0.353 e. The highest BCUT2D eigenvalue weighted by atomic mass is 16.6. The SMILES string of the molecule is [B]C([B])(O)C1([B])OC([B])(n2cnc(N)nc2=O)C([B])(O)[C@H]1O. The highest BCUT2D eigenvalue weighted by Gasteiger charge is 2.67. The zero-order chi connectivity index (χ0) is 17.1. The topological polar surface area (TPSA) is 144 Å². The summed E-state index contributed by atoms with van der Waals surface area (Å²) in [5.41, 5.74) is -4.25. The van der Waals surface area contributed by atoms with Crippen LogP contribution < -0.4 is 11.4 Å². The number of aliphatic hydroxyl groups excluding tert-OH is 1. The van der Waals surface area contributed by atoms with Crippen LogP contribution in [-0.2, 0) is 10.4 Å². The van der Waals surface area contributed by atoms with Gasteiger partial charge in [0.2, 0.25) is 5.95 Å². The summed E-state index contributed by atoms with van der Waals surface area (Å²) in [6.07, 6.45) is -1.55. The maximum Gasteiger partial charge on any atom is 0.353 e. The van der Waals surface area contributed by atoms with E-state index in [-0.39, 0.29) is 0 Å². The summed E-state index contributed by atoms with van der Waals surface area (Å²) in [5, 5.41) is 27.1. The van der Waals surface area contributed by atoms with Gasteiger partial charge in [-0.3, -0.25) is 4.57 Å². The van der Waals surface area contributed by atoms with Gasteiger partial charge in [-0.05, 0) is 0 Å². The van der Waals surface area contributed by atoms with E-state index in [2.05, 4.69) is 9.97 Å². The van der Waals surface area contributed by atoms with Crippen LogP contribution in [0.15, 0.2) is 11.1 Å². The molecule has 22 heavy (non-hydrogen) atoms. The molecule has 0 aliphatic carbocycles. The van der Waals surface area contributed by atoms with Gasteiger partial charge in [-0.15, -0.1) is 0 Å². The number of nitrogens with zero attached hydrogens (tertiary/aromatic N) is 3. The van der Waals surface area contributed by atoms with Crippen molar-refractivity contribution in [2.75, 3.05) is 5.73 Å². The summed E-state index contributed by atoms with van der Waals surface area (Å²) in [6, 6.07) is 0. The van der Waals surface area contributed by atoms with Gasteiger partial charge in [0.05, 0.1) is 17.1 Å². The number of hydrogen-bond donors (Lipinski definition) is 4. The van der Waals surface area contributed by atoms with Crippen LogP contribution in [0.5, 0.6) is 0 Å². The molecule has 1 fully saturated rings. The molecule has 9 nitrogen and oxygen atoms in total. The fourth-order valence-corrected chi connectivity index (χ4v) is 2.04. The highest BCUT2D eigenvalue weighted by Crippen LogP contribution is 2.46. The third kappa shape index (κ3) is 2.05. The lowest BCUT2D eigenvalue weighted by Crippen LogP contribution is -2.65. The second kappa shape index (κ2) is 4.64. The van der Waals surface area contributed by atoms with E-state index in [0.29, 0.717) is 4.57 Å². The second-order valence-corrected chi connectivity index (χ2v) is 5.01. The van der Waals surface area contributed by atoms with Crippen LogP contribution in [0, 0.1) is 0 Å². The van der Waals surface area contributed by atoms with Crippen LogP contribution in [0.3, 0.4) is 0 Å². The van der Waals surface area contributed by atoms with Gasteiger partial charge in [0.1, 0.15) is 51.2 Å². The lowest BCUT2D eigenvalue weighted by Gasteiger charge is -2.42. The number of nitrogen functional groups attached to an aromatic ring is 1. The minimum atomic E-state index is -2.90. The molecule has 0 bridgehead atoms. The first-order valence-electron chi connectivity index (χ1n) is 5.76. The first kappa shape index (κ1) is 17.1. The number of anilines is 1. The third-order valence-corrected chi connectivity index (χ3v) is 3.43. The molecule has 3 unspecified atom stereocenters. The maximum absolute atomic E-state index is 11.8. The van der Waals surface area contributed by atoms with Gasteiger partial charge < -0.3 is 25.8 Å². The normalized spacial score (nSPS) is 39.0. The Kier molecular flexibility index (Phi) is 3.61. The van der Waals surface area contributed by atoms with Crippen LogP contribution >= 0.6 is 0 Å². The molecule has 0 saturated carbocycles. The molecule has 1 aliphatic rings. The second-order valence-electron chi connectivity index (χ2n) is 5.01. The fraction of sp³-hybridized carbons (Fsp3) is 0.625. The standard InChI is InChI=1S/C8H7B5N4O5/c9-5(20)2(18)6(10,7(11,12)21)22-8(5,13)17-1-15-3(14)16-4(17)19/h1-2,18,20-21H,(H2,14,16,19)/t2-,5?,6?,8?/m1/s1. The van der Waals surface area contributed by atoms with E-state index in [1.165, 1.54) is 0 Å². The molecule has 104 valence electrons. The molecule has 2 rings (SSSR count). The van der Waals surface area contributed by atoms with Crippen molar-refractivity contribution in [2.45, 2.75) is 28.1 Å². The van der Waals surface area contributed by atoms with Crippen molar-refractivity contribution in [3.63, 3.8) is 0 Å². The van der Waals surface area contributed by atoms with Crippen LogP contribution in [0.2, 0.25) is 0 Å². The Morgan fingerprint density at radius 3 is 2.36 bits per heavy atom. The minimum Gasteiger partial charge on any atom is -0.407 e. The number of ether oxygens (including phenoxy) is 1. The van der Waals surface area contributed by atoms with Crippen molar-refractivity contribution in [1.29, 1.82) is 0 Å². The van der Waals surface area contributed by atoms with Crippen LogP contribution in [-0.4, -0.2) is 91.6 Å². The number of aromatic nitrogens is 3. The van der Waals surface area contributed by atoms with E-state index in [1.54, 1.807) is 0 Å². The van der Waals surface area contributed by atoms with Crippen LogP contribution in [0.4, 0.5) is 5.95 Å². The molecule has 4 atom stereocenters. The van der Waals surface area contributed by atoms with Crippen molar-refractivity contribution in [2.24, 2.45) is 0 Å². The Labute approximate surface area is 131 Å². The summed E-state index contributed by atoms with van der Waals surface area (Å²) >= 11 is 0. The molecule has 0 amide bonds. The fourth-order valence-electron chi connectivity index (χ4n) is 2.04. The minimum absolute atomic E-state index is 0.392. The molecule has 14 heteroatoms. The first-order chi connectivity index (χ1) is 9.77. The monoisotopic (exact) mass is 294 g/mol. The molecular weight excluding hydrogens is 286 g/mol. The molecular formula is C8H7B5N4O5. The Bertz CT molecular complexity index is 665. The summed E-state index contributed by atoms with van der Waals surface area (Å²) in [6.45, 7) is 0. The Morgan fingerprint density at radius 1 is 1.41 bits per heavy atom. The molecule has 5 N–H and O–H groups in total. The van der Waals surface area contributed by atoms with Gasteiger partial charge in [-0.2, -0.15) is 4.98 Å². The van der Waals surface area contributed by atoms with Crippen molar-refractivity contribution >= 4 is 45.2 Å². The van der Waals surface area contributed by atoms with Crippen LogP contribution in [0.1, 0.15) is 0 Å². The Balaban J connectivity index is 2.67. The summed E-state index contributed by atoms with van der Waals surface area (Å²) < 4.78 is 5.42. The zero-order valence-electron chi connectivity index (χ0n) is 11.1. The lowest BCUT2D eigenvalue weighted by molar-refractivity contribution is -0.132. The summed E-state index contributed by atoms with van der Waals surface area (Å²) in [4.78, 5) is 18.6. The zero-order valence-corrected chi connectivity index (χ0v) is 11.1. The molecule has 0 aromatic carbocycles. The molecule has 10 radical (unpaired) electrons. The van der Waals surface area contributed by atoms with Gasteiger partial charge in [0.25, 0.3) is 0 Å². The van der Waals surface area contributed by atoms with Crippen LogP contribution in [0.25, 0.3) is 0 Å². The molecule has 1 aromatic heterocycles. The molecule has 0 spiro atoms. The van der Waals surface area contributed by atoms with Gasteiger partial charge in [-0.1, -0.05) is 0 Å². The van der Waals surface area contributed by atoms with E-state index >= 15 is 0 Å². The van der Waals surface area contributed by atoms with E-state index in [4.69, 9.17) is 49.7 Å². The number of nitrogens with two attached hydrogens (primary N) is 1. The van der Waals surface area contributed by atoms with Crippen molar-refractivity contribution in [3.8, 4) is 0 Å². The van der Waals surface area contributed by atoms with Crippen molar-refractivity contribution in [3.05, 3.63) is 16.8 Å². The summed E-state index contributed by atoms with van der Waals surface area (Å²) in [7, 11) is 27.3. The van der Waals surface area contributed by atoms with E-state index < -0.39 is 39.8 Å². The van der Waals surface area contributed by atoms with Crippen molar-refractivity contribution in [1.82, 2.24) is 14.5 Å². The third-order valence-electron chi connectivity index (χ3n) is 3.43. The molecule has 1 aromatic rings. The Hall–Kier alpha value is -1.23. The van der Waals surface area contributed by atoms with Crippen molar-refractivity contribution < 1.29 is 20.1 Å². The predicted molar refractivity (Wildman–Crippen MR) is 77.2 cm³/mol. The first-order valence-corrected chi connectivity index (χ1v) is 5.76. The quantitative estimate of drug-likeness (QED) is 0.395. The number of hydrogen-bond acceptors (Lipinski definition) is 8. The van der Waals surface area contributed by atoms with E-state index in [1.807, 2.05) is 0 Å². The average molecular weight is 293 g/mol. The number of rotatable bonds is 2. The van der Waals surface area contributed by atoms with Gasteiger partial charge in [0.15, 0.2) is 0 Å². The molecule has 2 heterocycles. The predicted octanol–water partition coefficient (Wildman–Crippen LogP) is -5.90. The average Bonchev–Trinajstić information content (AvgIpc) is 2.48. The largest absolute Gasteiger partial charge is 0.407 e. The van der Waals surface area contributed by atoms with Gasteiger partial charge >= 0.3 is 5.69 Å². The van der Waals surface area contributed by atoms with E-state index in [0.717, 1.165) is 6.33 Å². The van der Waals surface area contributed by atoms with E-state index in [9.17, 15) is 20.1 Å².